The second-order valence-corrected chi connectivity index (χ2v) is 6.66. The quantitative estimate of drug-likeness (QED) is 0.693. The van der Waals surface area contributed by atoms with E-state index in [-0.39, 0.29) is 12.3 Å². The van der Waals surface area contributed by atoms with Crippen LogP contribution in [-0.2, 0) is 10.3 Å². The second-order valence-electron chi connectivity index (χ2n) is 5.71. The van der Waals surface area contributed by atoms with Gasteiger partial charge in [0.15, 0.2) is 5.78 Å². The summed E-state index contributed by atoms with van der Waals surface area (Å²) < 4.78 is 0. The minimum absolute atomic E-state index is 0.239. The van der Waals surface area contributed by atoms with Crippen molar-refractivity contribution in [1.82, 2.24) is 10.2 Å². The zero-order valence-corrected chi connectivity index (χ0v) is 13.6. The Morgan fingerprint density at radius 1 is 1.22 bits per heavy atom. The standard InChI is InChI=1S/C17H16N2O3S/c1-11-5-7-12(8-6-11)17(2)15(21)19(16(22)18-17)10-13(20)14-4-3-9-23-14/h3-9H,10H2,1-2H3,(H,18,22). The number of carbonyl (C=O) groups is 3. The lowest BCUT2D eigenvalue weighted by atomic mass is 9.91. The molecule has 3 rings (SSSR count). The SMILES string of the molecule is Cc1ccc(C2(C)NC(=O)N(CC(=O)c3cccs3)C2=O)cc1. The Hall–Kier alpha value is -2.47. The Morgan fingerprint density at radius 3 is 2.52 bits per heavy atom. The highest BCUT2D eigenvalue weighted by molar-refractivity contribution is 7.12. The third-order valence-corrected chi connectivity index (χ3v) is 4.91. The summed E-state index contributed by atoms with van der Waals surface area (Å²) >= 11 is 1.30. The predicted molar refractivity (Wildman–Crippen MR) is 87.4 cm³/mol. The van der Waals surface area contributed by atoms with Gasteiger partial charge >= 0.3 is 6.03 Å². The highest BCUT2D eigenvalue weighted by Gasteiger charge is 2.49. The van der Waals surface area contributed by atoms with Gasteiger partial charge in [-0.15, -0.1) is 11.3 Å². The molecule has 2 heterocycles. The topological polar surface area (TPSA) is 66.5 Å². The summed E-state index contributed by atoms with van der Waals surface area (Å²) in [4.78, 5) is 38.6. The number of thiophene rings is 1. The largest absolute Gasteiger partial charge is 0.325 e. The normalized spacial score (nSPS) is 20.7. The van der Waals surface area contributed by atoms with Gasteiger partial charge in [0.05, 0.1) is 11.4 Å². The number of aryl methyl sites for hydroxylation is 1. The molecule has 1 aromatic carbocycles. The number of imide groups is 1. The van der Waals surface area contributed by atoms with E-state index in [9.17, 15) is 14.4 Å². The van der Waals surface area contributed by atoms with Crippen LogP contribution in [0.4, 0.5) is 4.79 Å². The number of amides is 3. The van der Waals surface area contributed by atoms with Crippen molar-refractivity contribution in [2.45, 2.75) is 19.4 Å². The van der Waals surface area contributed by atoms with Crippen LogP contribution in [0.5, 0.6) is 0 Å². The Balaban J connectivity index is 1.85. The molecule has 0 spiro atoms. The van der Waals surface area contributed by atoms with Crippen LogP contribution in [0.3, 0.4) is 0 Å². The van der Waals surface area contributed by atoms with E-state index >= 15 is 0 Å². The van der Waals surface area contributed by atoms with Gasteiger partial charge in [-0.05, 0) is 30.9 Å². The number of nitrogens with one attached hydrogen (secondary N) is 1. The molecule has 118 valence electrons. The maximum Gasteiger partial charge on any atom is 0.325 e. The van der Waals surface area contributed by atoms with E-state index in [1.807, 2.05) is 31.2 Å². The predicted octanol–water partition coefficient (Wildman–Crippen LogP) is 2.71. The van der Waals surface area contributed by atoms with E-state index in [0.29, 0.717) is 10.4 Å². The first-order chi connectivity index (χ1) is 10.9. The van der Waals surface area contributed by atoms with Crippen LogP contribution in [0.15, 0.2) is 41.8 Å². The number of urea groups is 1. The first-order valence-corrected chi connectivity index (χ1v) is 8.08. The molecular formula is C17H16N2O3S. The average molecular weight is 328 g/mol. The Morgan fingerprint density at radius 2 is 1.91 bits per heavy atom. The molecule has 1 atom stereocenters. The maximum atomic E-state index is 12.7. The van der Waals surface area contributed by atoms with Crippen molar-refractivity contribution in [1.29, 1.82) is 0 Å². The van der Waals surface area contributed by atoms with Gasteiger partial charge in [0.25, 0.3) is 5.91 Å². The lowest BCUT2D eigenvalue weighted by Crippen LogP contribution is -2.41. The second kappa shape index (κ2) is 5.62. The zero-order chi connectivity index (χ0) is 16.6. The molecule has 0 bridgehead atoms. The minimum Gasteiger partial charge on any atom is -0.319 e. The maximum absolute atomic E-state index is 12.7. The van der Waals surface area contributed by atoms with E-state index in [1.54, 1.807) is 24.4 Å². The van der Waals surface area contributed by atoms with Gasteiger partial charge < -0.3 is 5.32 Å². The third kappa shape index (κ3) is 2.66. The van der Waals surface area contributed by atoms with Gasteiger partial charge in [-0.1, -0.05) is 35.9 Å². The Bertz CT molecular complexity index is 768. The molecule has 0 aliphatic carbocycles. The van der Waals surface area contributed by atoms with Crippen LogP contribution in [0.1, 0.15) is 27.7 Å². The van der Waals surface area contributed by atoms with Gasteiger partial charge in [0.2, 0.25) is 0 Å². The molecule has 1 aliphatic rings. The summed E-state index contributed by atoms with van der Waals surface area (Å²) in [6.07, 6.45) is 0. The van der Waals surface area contributed by atoms with Crippen molar-refractivity contribution in [3.05, 3.63) is 57.8 Å². The summed E-state index contributed by atoms with van der Waals surface area (Å²) in [6, 6.07) is 10.3. The highest BCUT2D eigenvalue weighted by atomic mass is 32.1. The first-order valence-electron chi connectivity index (χ1n) is 7.20. The van der Waals surface area contributed by atoms with Crippen LogP contribution in [0.25, 0.3) is 0 Å². The van der Waals surface area contributed by atoms with E-state index in [4.69, 9.17) is 0 Å². The van der Waals surface area contributed by atoms with Crippen molar-refractivity contribution in [2.75, 3.05) is 6.54 Å². The number of hydrogen-bond acceptors (Lipinski definition) is 4. The molecule has 3 amide bonds. The summed E-state index contributed by atoms with van der Waals surface area (Å²) in [6.45, 7) is 3.37. The monoisotopic (exact) mass is 328 g/mol. The van der Waals surface area contributed by atoms with Crippen molar-refractivity contribution in [3.8, 4) is 0 Å². The van der Waals surface area contributed by atoms with E-state index < -0.39 is 17.5 Å². The van der Waals surface area contributed by atoms with Crippen molar-refractivity contribution in [2.24, 2.45) is 0 Å². The number of rotatable bonds is 4. The van der Waals surface area contributed by atoms with E-state index in [2.05, 4.69) is 5.32 Å². The van der Waals surface area contributed by atoms with Crippen LogP contribution in [0.2, 0.25) is 0 Å². The lowest BCUT2D eigenvalue weighted by molar-refractivity contribution is -0.130. The minimum atomic E-state index is -1.14. The van der Waals surface area contributed by atoms with E-state index in [0.717, 1.165) is 10.5 Å². The van der Waals surface area contributed by atoms with Gasteiger partial charge in [-0.3, -0.25) is 14.5 Å². The number of nitrogens with zero attached hydrogens (tertiary/aromatic N) is 1. The molecule has 1 fully saturated rings. The molecule has 5 nitrogen and oxygen atoms in total. The molecule has 1 unspecified atom stereocenters. The fourth-order valence-electron chi connectivity index (χ4n) is 2.58. The van der Waals surface area contributed by atoms with E-state index in [1.165, 1.54) is 11.3 Å². The number of Topliss-reactive ketones (excluding diaryl/α,β-unsaturated/α-hetero) is 1. The average Bonchev–Trinajstić information content (AvgIpc) is 3.12. The van der Waals surface area contributed by atoms with Gasteiger partial charge in [-0.2, -0.15) is 0 Å². The smallest absolute Gasteiger partial charge is 0.319 e. The lowest BCUT2D eigenvalue weighted by Gasteiger charge is -2.22. The van der Waals surface area contributed by atoms with Gasteiger partial charge in [0, 0.05) is 0 Å². The number of ketones is 1. The summed E-state index contributed by atoms with van der Waals surface area (Å²) in [7, 11) is 0. The molecule has 6 heteroatoms. The number of carbonyl (C=O) groups excluding carboxylic acids is 3. The summed E-state index contributed by atoms with van der Waals surface area (Å²) in [5, 5.41) is 4.49. The Kier molecular flexibility index (Phi) is 3.77. The molecule has 1 aromatic heterocycles. The van der Waals surface area contributed by atoms with Crippen molar-refractivity contribution < 1.29 is 14.4 Å². The first kappa shape index (κ1) is 15.4. The number of benzene rings is 1. The summed E-state index contributed by atoms with van der Waals surface area (Å²) in [5.41, 5.74) is 0.631. The molecule has 0 saturated carbocycles. The number of hydrogen-bond donors (Lipinski definition) is 1. The van der Waals surface area contributed by atoms with Crippen LogP contribution in [-0.4, -0.2) is 29.2 Å². The molecule has 23 heavy (non-hydrogen) atoms. The fraction of sp³-hybridized carbons (Fsp3) is 0.235. The molecule has 2 aromatic rings. The van der Waals surface area contributed by atoms with Crippen LogP contribution in [0, 0.1) is 6.92 Å². The Labute approximate surface area is 137 Å². The molecule has 0 radical (unpaired) electrons. The van der Waals surface area contributed by atoms with Crippen molar-refractivity contribution in [3.63, 3.8) is 0 Å². The van der Waals surface area contributed by atoms with Gasteiger partial charge in [-0.25, -0.2) is 4.79 Å². The van der Waals surface area contributed by atoms with Crippen LogP contribution >= 0.6 is 11.3 Å². The fourth-order valence-corrected chi connectivity index (χ4v) is 3.24. The third-order valence-electron chi connectivity index (χ3n) is 4.00. The zero-order valence-electron chi connectivity index (χ0n) is 12.8. The van der Waals surface area contributed by atoms with Gasteiger partial charge in [0.1, 0.15) is 5.54 Å². The van der Waals surface area contributed by atoms with Crippen LogP contribution < -0.4 is 5.32 Å². The highest BCUT2D eigenvalue weighted by Crippen LogP contribution is 2.29. The molecule has 1 aliphatic heterocycles. The summed E-state index contributed by atoms with van der Waals surface area (Å²) in [5.74, 6) is -0.645. The molecule has 1 saturated heterocycles. The molecule has 1 N–H and O–H groups in total. The van der Waals surface area contributed by atoms with Crippen molar-refractivity contribution >= 4 is 29.1 Å². The molecular weight excluding hydrogens is 312 g/mol.